The maximum Gasteiger partial charge on any atom is 0.289 e. The van der Waals surface area contributed by atoms with Crippen molar-refractivity contribution in [2.75, 3.05) is 6.54 Å². The SMILES string of the molecule is CC1CCC(NC(=O)CN2C(=O)/C(=C/c3c(F)cccc3Cl)OC3CCCCC32)CC1. The van der Waals surface area contributed by atoms with E-state index in [4.69, 9.17) is 16.3 Å². The predicted octanol–water partition coefficient (Wildman–Crippen LogP) is 4.68. The van der Waals surface area contributed by atoms with Gasteiger partial charge < -0.3 is 15.0 Å². The van der Waals surface area contributed by atoms with Gasteiger partial charge in [0.25, 0.3) is 5.91 Å². The van der Waals surface area contributed by atoms with Crippen LogP contribution in [-0.2, 0) is 14.3 Å². The van der Waals surface area contributed by atoms with Gasteiger partial charge in [0.2, 0.25) is 5.91 Å². The summed E-state index contributed by atoms with van der Waals surface area (Å²) in [5.41, 5.74) is 0.127. The second-order valence-corrected chi connectivity index (χ2v) is 9.52. The largest absolute Gasteiger partial charge is 0.482 e. The monoisotopic (exact) mass is 448 g/mol. The summed E-state index contributed by atoms with van der Waals surface area (Å²) in [6.45, 7) is 2.24. The summed E-state index contributed by atoms with van der Waals surface area (Å²) >= 11 is 6.14. The Morgan fingerprint density at radius 3 is 2.71 bits per heavy atom. The maximum atomic E-state index is 14.3. The third-order valence-electron chi connectivity index (χ3n) is 6.79. The molecule has 0 radical (unpaired) electrons. The van der Waals surface area contributed by atoms with Gasteiger partial charge in [-0.3, -0.25) is 9.59 Å². The number of carbonyl (C=O) groups excluding carboxylic acids is 2. The molecule has 1 aromatic carbocycles. The van der Waals surface area contributed by atoms with Crippen molar-refractivity contribution in [1.82, 2.24) is 10.2 Å². The molecule has 7 heteroatoms. The van der Waals surface area contributed by atoms with E-state index >= 15 is 0 Å². The zero-order valence-electron chi connectivity index (χ0n) is 17.9. The van der Waals surface area contributed by atoms with Crippen molar-refractivity contribution in [3.63, 3.8) is 0 Å². The van der Waals surface area contributed by atoms with Crippen LogP contribution in [0.5, 0.6) is 0 Å². The average Bonchev–Trinajstić information content (AvgIpc) is 2.75. The van der Waals surface area contributed by atoms with Crippen LogP contribution in [0.4, 0.5) is 4.39 Å². The molecule has 1 N–H and O–H groups in total. The maximum absolute atomic E-state index is 14.3. The molecular weight excluding hydrogens is 419 g/mol. The van der Waals surface area contributed by atoms with Crippen LogP contribution in [-0.4, -0.2) is 41.4 Å². The lowest BCUT2D eigenvalue weighted by atomic mass is 9.87. The predicted molar refractivity (Wildman–Crippen MR) is 118 cm³/mol. The summed E-state index contributed by atoms with van der Waals surface area (Å²) in [7, 11) is 0. The molecule has 2 unspecified atom stereocenters. The molecule has 5 nitrogen and oxygen atoms in total. The molecule has 4 rings (SSSR count). The number of benzene rings is 1. The third kappa shape index (κ3) is 5.05. The molecule has 1 aliphatic heterocycles. The molecule has 31 heavy (non-hydrogen) atoms. The Balaban J connectivity index is 1.52. The van der Waals surface area contributed by atoms with Crippen LogP contribution in [0, 0.1) is 11.7 Å². The minimum Gasteiger partial charge on any atom is -0.482 e. The van der Waals surface area contributed by atoms with Crippen molar-refractivity contribution < 1.29 is 18.7 Å². The molecule has 1 saturated heterocycles. The fraction of sp³-hybridized carbons (Fsp3) is 0.583. The first-order valence-electron chi connectivity index (χ1n) is 11.3. The van der Waals surface area contributed by atoms with Crippen LogP contribution >= 0.6 is 11.6 Å². The summed E-state index contributed by atoms with van der Waals surface area (Å²) in [5.74, 6) is -0.278. The van der Waals surface area contributed by atoms with E-state index in [2.05, 4.69) is 12.2 Å². The number of carbonyl (C=O) groups is 2. The summed E-state index contributed by atoms with van der Waals surface area (Å²) < 4.78 is 20.3. The Morgan fingerprint density at radius 2 is 1.97 bits per heavy atom. The van der Waals surface area contributed by atoms with Gasteiger partial charge in [-0.25, -0.2) is 4.39 Å². The quantitative estimate of drug-likeness (QED) is 0.680. The number of hydrogen-bond acceptors (Lipinski definition) is 3. The summed E-state index contributed by atoms with van der Waals surface area (Å²) in [4.78, 5) is 27.7. The topological polar surface area (TPSA) is 58.6 Å². The molecule has 0 spiro atoms. The first kappa shape index (κ1) is 22.1. The first-order chi connectivity index (χ1) is 14.9. The van der Waals surface area contributed by atoms with Crippen molar-refractivity contribution in [1.29, 1.82) is 0 Å². The zero-order chi connectivity index (χ0) is 22.0. The molecule has 0 aromatic heterocycles. The van der Waals surface area contributed by atoms with Crippen LogP contribution in [0.3, 0.4) is 0 Å². The number of rotatable bonds is 4. The summed E-state index contributed by atoms with van der Waals surface area (Å²) in [6.07, 6.45) is 8.98. The van der Waals surface area contributed by atoms with Crippen LogP contribution in [0.1, 0.15) is 63.9 Å². The number of fused-ring (bicyclic) bond motifs is 1. The fourth-order valence-corrected chi connectivity index (χ4v) is 5.19. The van der Waals surface area contributed by atoms with E-state index < -0.39 is 5.82 Å². The van der Waals surface area contributed by atoms with E-state index in [0.717, 1.165) is 51.4 Å². The number of amides is 2. The zero-order valence-corrected chi connectivity index (χ0v) is 18.7. The summed E-state index contributed by atoms with van der Waals surface area (Å²) in [5, 5.41) is 3.32. The molecule has 3 aliphatic rings. The second kappa shape index (κ2) is 9.60. The highest BCUT2D eigenvalue weighted by Crippen LogP contribution is 2.34. The van der Waals surface area contributed by atoms with Crippen LogP contribution in [0.15, 0.2) is 24.0 Å². The number of halogens is 2. The van der Waals surface area contributed by atoms with Gasteiger partial charge in [-0.2, -0.15) is 0 Å². The van der Waals surface area contributed by atoms with E-state index in [-0.39, 0.29) is 52.9 Å². The number of nitrogens with zero attached hydrogens (tertiary/aromatic N) is 1. The van der Waals surface area contributed by atoms with E-state index in [0.29, 0.717) is 5.92 Å². The van der Waals surface area contributed by atoms with Gasteiger partial charge in [0.15, 0.2) is 5.76 Å². The normalized spacial score (nSPS) is 30.0. The Bertz CT molecular complexity index is 846. The fourth-order valence-electron chi connectivity index (χ4n) is 4.97. The Morgan fingerprint density at radius 1 is 1.23 bits per heavy atom. The lowest BCUT2D eigenvalue weighted by molar-refractivity contribution is -0.152. The average molecular weight is 449 g/mol. The molecule has 168 valence electrons. The van der Waals surface area contributed by atoms with Gasteiger partial charge >= 0.3 is 0 Å². The molecule has 2 aliphatic carbocycles. The third-order valence-corrected chi connectivity index (χ3v) is 7.12. The van der Waals surface area contributed by atoms with Crippen molar-refractivity contribution in [2.24, 2.45) is 5.92 Å². The molecule has 2 saturated carbocycles. The molecule has 2 amide bonds. The van der Waals surface area contributed by atoms with E-state index in [1.807, 2.05) is 0 Å². The molecule has 1 aromatic rings. The van der Waals surface area contributed by atoms with Crippen molar-refractivity contribution in [3.8, 4) is 0 Å². The number of nitrogens with one attached hydrogen (secondary N) is 1. The lowest BCUT2D eigenvalue weighted by Crippen LogP contribution is -2.57. The van der Waals surface area contributed by atoms with Gasteiger partial charge in [-0.1, -0.05) is 31.0 Å². The molecular formula is C24H30ClFN2O3. The van der Waals surface area contributed by atoms with Crippen molar-refractivity contribution in [2.45, 2.75) is 76.5 Å². The van der Waals surface area contributed by atoms with E-state index in [1.165, 1.54) is 18.2 Å². The van der Waals surface area contributed by atoms with Gasteiger partial charge in [-0.05, 0) is 69.1 Å². The second-order valence-electron chi connectivity index (χ2n) is 9.11. The highest BCUT2D eigenvalue weighted by Gasteiger charge is 2.42. The first-order valence-corrected chi connectivity index (χ1v) is 11.7. The van der Waals surface area contributed by atoms with Gasteiger partial charge in [-0.15, -0.1) is 0 Å². The van der Waals surface area contributed by atoms with Crippen LogP contribution in [0.2, 0.25) is 5.02 Å². The molecule has 1 heterocycles. The molecule has 0 bridgehead atoms. The van der Waals surface area contributed by atoms with Gasteiger partial charge in [0.1, 0.15) is 18.5 Å². The number of hydrogen-bond donors (Lipinski definition) is 1. The highest BCUT2D eigenvalue weighted by atomic mass is 35.5. The molecule has 2 atom stereocenters. The highest BCUT2D eigenvalue weighted by molar-refractivity contribution is 6.32. The van der Waals surface area contributed by atoms with E-state index in [9.17, 15) is 14.0 Å². The van der Waals surface area contributed by atoms with Crippen molar-refractivity contribution in [3.05, 3.63) is 40.4 Å². The number of ether oxygens (including phenoxy) is 1. The van der Waals surface area contributed by atoms with Crippen LogP contribution < -0.4 is 5.32 Å². The summed E-state index contributed by atoms with van der Waals surface area (Å²) in [6, 6.07) is 4.43. The van der Waals surface area contributed by atoms with Crippen molar-refractivity contribution >= 4 is 29.5 Å². The standard InChI is InChI=1S/C24H30ClFN2O3/c1-15-9-11-16(12-10-15)27-23(29)14-28-20-7-2-3-8-21(20)31-22(24(28)30)13-17-18(25)5-4-6-19(17)26/h4-6,13,15-16,20-21H,2-3,7-12,14H2,1H3,(H,27,29)/b22-13-. The minimum absolute atomic E-state index is 0.00222. The Labute approximate surface area is 188 Å². The van der Waals surface area contributed by atoms with E-state index in [1.54, 1.807) is 11.0 Å². The minimum atomic E-state index is -0.516. The van der Waals surface area contributed by atoms with Gasteiger partial charge in [0.05, 0.1) is 11.1 Å². The Kier molecular flexibility index (Phi) is 6.85. The van der Waals surface area contributed by atoms with Gasteiger partial charge in [0, 0.05) is 11.6 Å². The smallest absolute Gasteiger partial charge is 0.289 e. The molecule has 3 fully saturated rings. The Hall–Kier alpha value is -2.08. The number of morpholine rings is 1. The lowest BCUT2D eigenvalue weighted by Gasteiger charge is -2.44. The van der Waals surface area contributed by atoms with Crippen LogP contribution in [0.25, 0.3) is 6.08 Å².